The molecule has 2 fully saturated rings. The molecule has 3 rings (SSSR count). The van der Waals surface area contributed by atoms with Crippen LogP contribution in [0.1, 0.15) is 67.3 Å². The van der Waals surface area contributed by atoms with Gasteiger partial charge in [0.1, 0.15) is 11.5 Å². The highest BCUT2D eigenvalue weighted by atomic mass is 16.5. The summed E-state index contributed by atoms with van der Waals surface area (Å²) in [6, 6.07) is 1.89. The van der Waals surface area contributed by atoms with Gasteiger partial charge in [-0.25, -0.2) is 0 Å². The second-order valence-corrected chi connectivity index (χ2v) is 8.40. The van der Waals surface area contributed by atoms with Crippen LogP contribution in [0.4, 0.5) is 0 Å². The van der Waals surface area contributed by atoms with Crippen LogP contribution in [-0.4, -0.2) is 61.5 Å². The number of carbonyl (C=O) groups excluding carboxylic acids is 2. The summed E-state index contributed by atoms with van der Waals surface area (Å²) in [6.07, 6.45) is 3.27. The monoisotopic (exact) mass is 376 g/mol. The molecule has 3 heterocycles. The van der Waals surface area contributed by atoms with Crippen molar-refractivity contribution in [1.29, 1.82) is 0 Å². The predicted molar refractivity (Wildman–Crippen MR) is 103 cm³/mol. The van der Waals surface area contributed by atoms with Gasteiger partial charge in [-0.2, -0.15) is 0 Å². The molecule has 0 radical (unpaired) electrons. The van der Waals surface area contributed by atoms with Crippen LogP contribution in [0.3, 0.4) is 0 Å². The third kappa shape index (κ3) is 4.21. The maximum atomic E-state index is 12.9. The van der Waals surface area contributed by atoms with E-state index in [0.717, 1.165) is 38.1 Å². The van der Waals surface area contributed by atoms with Crippen LogP contribution in [0.2, 0.25) is 0 Å². The van der Waals surface area contributed by atoms with Gasteiger partial charge >= 0.3 is 0 Å². The summed E-state index contributed by atoms with van der Waals surface area (Å²) in [5, 5.41) is 0. The molecule has 6 nitrogen and oxygen atoms in total. The number of amides is 2. The Balaban J connectivity index is 1.59. The standard InChI is InChI=1S/C21H32N2O4/c1-15(2)18-12-17(16(3)27-18)20(25)22-9-6-21(7-10-22)13-19(24)23(14-21)8-5-11-26-4/h12,15H,5-11,13-14H2,1-4H3. The van der Waals surface area contributed by atoms with Crippen molar-refractivity contribution in [2.45, 2.75) is 52.4 Å². The molecule has 0 atom stereocenters. The molecule has 2 saturated heterocycles. The highest BCUT2D eigenvalue weighted by molar-refractivity contribution is 5.95. The Morgan fingerprint density at radius 3 is 2.63 bits per heavy atom. The number of carbonyl (C=O) groups is 2. The largest absolute Gasteiger partial charge is 0.465 e. The minimum atomic E-state index is 0.0372. The molecule has 6 heteroatoms. The van der Waals surface area contributed by atoms with E-state index >= 15 is 0 Å². The van der Waals surface area contributed by atoms with E-state index in [4.69, 9.17) is 9.15 Å². The molecule has 0 aliphatic carbocycles. The van der Waals surface area contributed by atoms with Crippen molar-refractivity contribution in [2.24, 2.45) is 5.41 Å². The van der Waals surface area contributed by atoms with Crippen molar-refractivity contribution in [3.05, 3.63) is 23.2 Å². The summed E-state index contributed by atoms with van der Waals surface area (Å²) in [5.41, 5.74) is 0.716. The van der Waals surface area contributed by atoms with Gasteiger partial charge in [-0.3, -0.25) is 9.59 Å². The van der Waals surface area contributed by atoms with Crippen molar-refractivity contribution in [1.82, 2.24) is 9.80 Å². The zero-order valence-electron chi connectivity index (χ0n) is 17.0. The second-order valence-electron chi connectivity index (χ2n) is 8.40. The van der Waals surface area contributed by atoms with E-state index in [1.165, 1.54) is 0 Å². The van der Waals surface area contributed by atoms with Crippen molar-refractivity contribution >= 4 is 11.8 Å². The number of methoxy groups -OCH3 is 1. The average Bonchev–Trinajstić information content (AvgIpc) is 3.16. The van der Waals surface area contributed by atoms with E-state index in [1.807, 2.05) is 22.8 Å². The van der Waals surface area contributed by atoms with Crippen LogP contribution >= 0.6 is 0 Å². The lowest BCUT2D eigenvalue weighted by atomic mass is 9.77. The van der Waals surface area contributed by atoms with E-state index in [9.17, 15) is 9.59 Å². The van der Waals surface area contributed by atoms with Crippen LogP contribution < -0.4 is 0 Å². The summed E-state index contributed by atoms with van der Waals surface area (Å²) in [4.78, 5) is 29.2. The van der Waals surface area contributed by atoms with Crippen LogP contribution in [0.25, 0.3) is 0 Å². The molecule has 1 aromatic rings. The molecular weight excluding hydrogens is 344 g/mol. The Labute approximate surface area is 161 Å². The fourth-order valence-corrected chi connectivity index (χ4v) is 4.28. The lowest BCUT2D eigenvalue weighted by Crippen LogP contribution is -2.44. The number of ether oxygens (including phenoxy) is 1. The third-order valence-electron chi connectivity index (χ3n) is 6.03. The Hall–Kier alpha value is -1.82. The van der Waals surface area contributed by atoms with E-state index in [0.29, 0.717) is 37.4 Å². The van der Waals surface area contributed by atoms with Gasteiger partial charge in [-0.1, -0.05) is 13.8 Å². The van der Waals surface area contributed by atoms with Crippen LogP contribution in [0.15, 0.2) is 10.5 Å². The molecule has 2 aliphatic heterocycles. The molecule has 1 spiro atoms. The molecule has 0 N–H and O–H groups in total. The first-order valence-corrected chi connectivity index (χ1v) is 10.0. The number of hydrogen-bond donors (Lipinski definition) is 0. The Kier molecular flexibility index (Phi) is 5.94. The first-order chi connectivity index (χ1) is 12.8. The van der Waals surface area contributed by atoms with Crippen molar-refractivity contribution in [3.8, 4) is 0 Å². The zero-order valence-corrected chi connectivity index (χ0v) is 17.0. The maximum Gasteiger partial charge on any atom is 0.257 e. The van der Waals surface area contributed by atoms with Gasteiger partial charge in [0.15, 0.2) is 0 Å². The number of furan rings is 1. The zero-order chi connectivity index (χ0) is 19.6. The fourth-order valence-electron chi connectivity index (χ4n) is 4.28. The Morgan fingerprint density at radius 2 is 2.04 bits per heavy atom. The maximum absolute atomic E-state index is 12.9. The van der Waals surface area contributed by atoms with Gasteiger partial charge < -0.3 is 19.0 Å². The normalized spacial score (nSPS) is 19.5. The molecule has 0 saturated carbocycles. The van der Waals surface area contributed by atoms with Gasteiger partial charge in [0, 0.05) is 57.6 Å². The highest BCUT2D eigenvalue weighted by Crippen LogP contribution is 2.41. The lowest BCUT2D eigenvalue weighted by molar-refractivity contribution is -0.128. The van der Waals surface area contributed by atoms with Gasteiger partial charge in [0.2, 0.25) is 5.91 Å². The Morgan fingerprint density at radius 1 is 1.33 bits per heavy atom. The minimum absolute atomic E-state index is 0.0372. The minimum Gasteiger partial charge on any atom is -0.465 e. The first-order valence-electron chi connectivity index (χ1n) is 10.0. The molecular formula is C21H32N2O4. The molecule has 27 heavy (non-hydrogen) atoms. The summed E-state index contributed by atoms with van der Waals surface area (Å²) in [6.45, 7) is 9.67. The SMILES string of the molecule is COCCCN1CC2(CCN(C(=O)c3cc(C(C)C)oc3C)CC2)CC1=O. The summed E-state index contributed by atoms with van der Waals surface area (Å²) >= 11 is 0. The van der Waals surface area contributed by atoms with Crippen molar-refractivity contribution in [3.63, 3.8) is 0 Å². The van der Waals surface area contributed by atoms with Crippen LogP contribution in [-0.2, 0) is 9.53 Å². The molecule has 0 bridgehead atoms. The Bertz CT molecular complexity index is 686. The first kappa shape index (κ1) is 19.9. The highest BCUT2D eigenvalue weighted by Gasteiger charge is 2.45. The number of hydrogen-bond acceptors (Lipinski definition) is 4. The summed E-state index contributed by atoms with van der Waals surface area (Å²) < 4.78 is 10.8. The number of likely N-dealkylation sites (tertiary alicyclic amines) is 2. The van der Waals surface area contributed by atoms with Crippen molar-refractivity contribution in [2.75, 3.05) is 39.9 Å². The van der Waals surface area contributed by atoms with Crippen molar-refractivity contribution < 1.29 is 18.7 Å². The number of piperidine rings is 1. The van der Waals surface area contributed by atoms with Gasteiger partial charge in [-0.15, -0.1) is 0 Å². The van der Waals surface area contributed by atoms with E-state index in [2.05, 4.69) is 13.8 Å². The number of aryl methyl sites for hydroxylation is 1. The van der Waals surface area contributed by atoms with Gasteiger partial charge in [0.05, 0.1) is 5.56 Å². The molecule has 2 amide bonds. The third-order valence-corrected chi connectivity index (χ3v) is 6.03. The van der Waals surface area contributed by atoms with Gasteiger partial charge in [0.25, 0.3) is 5.91 Å². The average molecular weight is 376 g/mol. The van der Waals surface area contributed by atoms with E-state index < -0.39 is 0 Å². The lowest BCUT2D eigenvalue weighted by Gasteiger charge is -2.38. The molecule has 0 aromatic carbocycles. The number of rotatable bonds is 6. The quantitative estimate of drug-likeness (QED) is 0.715. The summed E-state index contributed by atoms with van der Waals surface area (Å²) in [5.74, 6) is 2.13. The molecule has 2 aliphatic rings. The topological polar surface area (TPSA) is 63.0 Å². The smallest absolute Gasteiger partial charge is 0.257 e. The second kappa shape index (κ2) is 8.05. The molecule has 0 unspecified atom stereocenters. The van der Waals surface area contributed by atoms with Gasteiger partial charge in [-0.05, 0) is 32.3 Å². The van der Waals surface area contributed by atoms with Crippen LogP contribution in [0, 0.1) is 12.3 Å². The van der Waals surface area contributed by atoms with E-state index in [-0.39, 0.29) is 23.1 Å². The van der Waals surface area contributed by atoms with Crippen LogP contribution in [0.5, 0.6) is 0 Å². The van der Waals surface area contributed by atoms with E-state index in [1.54, 1.807) is 7.11 Å². The fraction of sp³-hybridized carbons (Fsp3) is 0.714. The molecule has 150 valence electrons. The number of nitrogens with zero attached hydrogens (tertiary/aromatic N) is 2. The molecule has 1 aromatic heterocycles. The summed E-state index contributed by atoms with van der Waals surface area (Å²) in [7, 11) is 1.69. The predicted octanol–water partition coefficient (Wildman–Crippen LogP) is 3.20.